The number of aromatic nitrogens is 2. The second kappa shape index (κ2) is 5.18. The van der Waals surface area contributed by atoms with Gasteiger partial charge in [0.1, 0.15) is 4.90 Å². The SMILES string of the molecule is CS(=O)(=O)c1cnn(-c2ccccc2)c1-c1ccccc1. The molecule has 0 fully saturated rings. The Kier molecular flexibility index (Phi) is 3.35. The minimum atomic E-state index is -3.35. The van der Waals surface area contributed by atoms with Crippen LogP contribution in [0.15, 0.2) is 71.8 Å². The second-order valence-corrected chi connectivity index (χ2v) is 6.73. The average molecular weight is 298 g/mol. The lowest BCUT2D eigenvalue weighted by atomic mass is 10.1. The van der Waals surface area contributed by atoms with Crippen LogP contribution in [0.25, 0.3) is 16.9 Å². The summed E-state index contributed by atoms with van der Waals surface area (Å²) in [6.07, 6.45) is 2.61. The van der Waals surface area contributed by atoms with Gasteiger partial charge in [-0.05, 0) is 12.1 Å². The van der Waals surface area contributed by atoms with Crippen LogP contribution >= 0.6 is 0 Å². The molecule has 106 valence electrons. The van der Waals surface area contributed by atoms with Crippen molar-refractivity contribution < 1.29 is 8.42 Å². The Morgan fingerprint density at radius 3 is 2.05 bits per heavy atom. The molecule has 0 unspecified atom stereocenters. The van der Waals surface area contributed by atoms with Gasteiger partial charge in [0.15, 0.2) is 9.84 Å². The number of sulfone groups is 1. The zero-order chi connectivity index (χ0) is 14.9. The van der Waals surface area contributed by atoms with Crippen molar-refractivity contribution >= 4 is 9.84 Å². The lowest BCUT2D eigenvalue weighted by Crippen LogP contribution is -2.02. The first-order valence-corrected chi connectivity index (χ1v) is 8.35. The standard InChI is InChI=1S/C16H14N2O2S/c1-21(19,20)15-12-17-18(14-10-6-3-7-11-14)16(15)13-8-4-2-5-9-13/h2-12H,1H3. The van der Waals surface area contributed by atoms with Gasteiger partial charge < -0.3 is 0 Å². The molecule has 0 aliphatic heterocycles. The van der Waals surface area contributed by atoms with Crippen LogP contribution in [0.2, 0.25) is 0 Å². The van der Waals surface area contributed by atoms with Crippen molar-refractivity contribution in [3.8, 4) is 16.9 Å². The number of para-hydroxylation sites is 1. The van der Waals surface area contributed by atoms with Gasteiger partial charge >= 0.3 is 0 Å². The first-order valence-electron chi connectivity index (χ1n) is 6.46. The van der Waals surface area contributed by atoms with Crippen molar-refractivity contribution in [2.45, 2.75) is 4.90 Å². The van der Waals surface area contributed by atoms with E-state index in [1.807, 2.05) is 60.7 Å². The third-order valence-corrected chi connectivity index (χ3v) is 4.28. The second-order valence-electron chi connectivity index (χ2n) is 4.74. The molecule has 0 saturated carbocycles. The molecule has 1 heterocycles. The maximum absolute atomic E-state index is 12.0. The molecule has 3 rings (SSSR count). The van der Waals surface area contributed by atoms with Crippen LogP contribution in [-0.2, 0) is 9.84 Å². The lowest BCUT2D eigenvalue weighted by molar-refractivity contribution is 0.602. The van der Waals surface area contributed by atoms with Crippen molar-refractivity contribution in [3.05, 3.63) is 66.9 Å². The molecule has 1 aromatic heterocycles. The highest BCUT2D eigenvalue weighted by atomic mass is 32.2. The topological polar surface area (TPSA) is 52.0 Å². The van der Waals surface area contributed by atoms with Crippen molar-refractivity contribution in [1.82, 2.24) is 9.78 Å². The van der Waals surface area contributed by atoms with E-state index in [0.717, 1.165) is 11.3 Å². The molecule has 5 heteroatoms. The van der Waals surface area contributed by atoms with Crippen molar-refractivity contribution in [2.75, 3.05) is 6.26 Å². The van der Waals surface area contributed by atoms with E-state index in [-0.39, 0.29) is 4.90 Å². The molecule has 3 aromatic rings. The summed E-state index contributed by atoms with van der Waals surface area (Å²) in [6.45, 7) is 0. The summed E-state index contributed by atoms with van der Waals surface area (Å²) in [7, 11) is -3.35. The number of nitrogens with zero attached hydrogens (tertiary/aromatic N) is 2. The van der Waals surface area contributed by atoms with Gasteiger partial charge in [-0.15, -0.1) is 0 Å². The fourth-order valence-electron chi connectivity index (χ4n) is 2.23. The van der Waals surface area contributed by atoms with Crippen molar-refractivity contribution in [3.63, 3.8) is 0 Å². The maximum Gasteiger partial charge on any atom is 0.179 e. The molecule has 0 N–H and O–H groups in total. The van der Waals surface area contributed by atoms with Gasteiger partial charge in [-0.3, -0.25) is 0 Å². The summed E-state index contributed by atoms with van der Waals surface area (Å²) in [5.41, 5.74) is 2.23. The number of benzene rings is 2. The lowest BCUT2D eigenvalue weighted by Gasteiger charge is -2.09. The van der Waals surface area contributed by atoms with Crippen LogP contribution in [0.5, 0.6) is 0 Å². The molecule has 0 saturated heterocycles. The first kappa shape index (κ1) is 13.6. The summed E-state index contributed by atoms with van der Waals surface area (Å²) >= 11 is 0. The van der Waals surface area contributed by atoms with E-state index < -0.39 is 9.84 Å². The maximum atomic E-state index is 12.0. The third-order valence-electron chi connectivity index (χ3n) is 3.18. The smallest absolute Gasteiger partial charge is 0.179 e. The predicted molar refractivity (Wildman–Crippen MR) is 82.1 cm³/mol. The minimum Gasteiger partial charge on any atom is -0.232 e. The van der Waals surface area contributed by atoms with E-state index in [2.05, 4.69) is 5.10 Å². The van der Waals surface area contributed by atoms with Gasteiger partial charge in [0.25, 0.3) is 0 Å². The molecular formula is C16H14N2O2S. The Labute approximate surface area is 123 Å². The first-order chi connectivity index (χ1) is 10.1. The summed E-state index contributed by atoms with van der Waals surface area (Å²) < 4.78 is 25.7. The molecule has 0 bridgehead atoms. The summed E-state index contributed by atoms with van der Waals surface area (Å²) in [5.74, 6) is 0. The molecular weight excluding hydrogens is 284 g/mol. The quantitative estimate of drug-likeness (QED) is 0.747. The molecule has 0 radical (unpaired) electrons. The zero-order valence-corrected chi connectivity index (χ0v) is 12.3. The molecule has 0 aliphatic rings. The van der Waals surface area contributed by atoms with Crippen molar-refractivity contribution in [2.24, 2.45) is 0 Å². The Morgan fingerprint density at radius 2 is 1.48 bits per heavy atom. The van der Waals surface area contributed by atoms with Gasteiger partial charge in [-0.1, -0.05) is 48.5 Å². The predicted octanol–water partition coefficient (Wildman–Crippen LogP) is 2.94. The van der Waals surface area contributed by atoms with Crippen LogP contribution in [0.3, 0.4) is 0 Å². The normalized spacial score (nSPS) is 11.5. The monoisotopic (exact) mass is 298 g/mol. The average Bonchev–Trinajstić information content (AvgIpc) is 2.94. The van der Waals surface area contributed by atoms with E-state index in [9.17, 15) is 8.42 Å². The minimum absolute atomic E-state index is 0.234. The summed E-state index contributed by atoms with van der Waals surface area (Å²) in [4.78, 5) is 0.234. The highest BCUT2D eigenvalue weighted by molar-refractivity contribution is 7.90. The van der Waals surface area contributed by atoms with E-state index in [1.54, 1.807) is 4.68 Å². The highest BCUT2D eigenvalue weighted by Gasteiger charge is 2.21. The molecule has 0 spiro atoms. The highest BCUT2D eigenvalue weighted by Crippen LogP contribution is 2.29. The van der Waals surface area contributed by atoms with Crippen LogP contribution < -0.4 is 0 Å². The van der Waals surface area contributed by atoms with E-state index in [4.69, 9.17) is 0 Å². The molecule has 0 aliphatic carbocycles. The van der Waals surface area contributed by atoms with Crippen LogP contribution in [0.4, 0.5) is 0 Å². The van der Waals surface area contributed by atoms with Gasteiger partial charge in [-0.2, -0.15) is 5.10 Å². The van der Waals surface area contributed by atoms with Gasteiger partial charge in [0.05, 0.1) is 17.6 Å². The van der Waals surface area contributed by atoms with Crippen LogP contribution in [-0.4, -0.2) is 24.5 Å². The Balaban J connectivity index is 2.31. The molecule has 4 nitrogen and oxygen atoms in total. The molecule has 0 atom stereocenters. The zero-order valence-electron chi connectivity index (χ0n) is 11.5. The van der Waals surface area contributed by atoms with E-state index in [0.29, 0.717) is 5.69 Å². The van der Waals surface area contributed by atoms with Gasteiger partial charge in [-0.25, -0.2) is 13.1 Å². The van der Waals surface area contributed by atoms with E-state index in [1.165, 1.54) is 12.5 Å². The molecule has 0 amide bonds. The number of hydrogen-bond acceptors (Lipinski definition) is 3. The molecule has 2 aromatic carbocycles. The summed E-state index contributed by atoms with van der Waals surface area (Å²) in [5, 5.41) is 4.27. The Bertz CT molecular complexity index is 854. The Hall–Kier alpha value is -2.40. The Morgan fingerprint density at radius 1 is 0.905 bits per heavy atom. The van der Waals surface area contributed by atoms with Gasteiger partial charge in [0, 0.05) is 11.8 Å². The third kappa shape index (κ3) is 2.60. The molecule has 21 heavy (non-hydrogen) atoms. The van der Waals surface area contributed by atoms with Gasteiger partial charge in [0.2, 0.25) is 0 Å². The van der Waals surface area contributed by atoms with Crippen molar-refractivity contribution in [1.29, 1.82) is 0 Å². The largest absolute Gasteiger partial charge is 0.232 e. The van der Waals surface area contributed by atoms with Crippen LogP contribution in [0, 0.1) is 0 Å². The summed E-state index contributed by atoms with van der Waals surface area (Å²) in [6, 6.07) is 18.9. The number of hydrogen-bond donors (Lipinski definition) is 0. The fraction of sp³-hybridized carbons (Fsp3) is 0.0625. The number of rotatable bonds is 3. The van der Waals surface area contributed by atoms with E-state index >= 15 is 0 Å². The van der Waals surface area contributed by atoms with Crippen LogP contribution in [0.1, 0.15) is 0 Å². The fourth-order valence-corrected chi connectivity index (χ4v) is 3.02.